The number of Topliss-reactive ketones (excluding diaryl/α,β-unsaturated/α-hetero) is 1. The van der Waals surface area contributed by atoms with Gasteiger partial charge < -0.3 is 9.84 Å². The number of ether oxygens (including phenoxy) is 1. The Balaban J connectivity index is 1.52. The molecule has 182 valence electrons. The Hall–Kier alpha value is -3.43. The fourth-order valence-corrected chi connectivity index (χ4v) is 6.02. The lowest BCUT2D eigenvalue weighted by atomic mass is 9.63. The van der Waals surface area contributed by atoms with Crippen LogP contribution in [0.25, 0.3) is 6.08 Å². The van der Waals surface area contributed by atoms with Crippen LogP contribution in [0.4, 0.5) is 11.4 Å². The highest BCUT2D eigenvalue weighted by Crippen LogP contribution is 2.61. The Kier molecular flexibility index (Phi) is 5.77. The van der Waals surface area contributed by atoms with E-state index in [1.54, 1.807) is 30.3 Å². The first-order valence-corrected chi connectivity index (χ1v) is 11.9. The molecule has 1 aliphatic heterocycles. The van der Waals surface area contributed by atoms with Gasteiger partial charge in [-0.3, -0.25) is 25.0 Å². The molecule has 2 aromatic rings. The van der Waals surface area contributed by atoms with Crippen LogP contribution in [-0.4, -0.2) is 26.5 Å². The number of ketones is 1. The van der Waals surface area contributed by atoms with Gasteiger partial charge in [-0.25, -0.2) is 0 Å². The topological polar surface area (TPSA) is 133 Å². The van der Waals surface area contributed by atoms with Crippen molar-refractivity contribution in [3.8, 4) is 0 Å². The predicted octanol–water partition coefficient (Wildman–Crippen LogP) is 5.28. The zero-order valence-corrected chi connectivity index (χ0v) is 19.1. The van der Waals surface area contributed by atoms with Crippen LogP contribution in [0.3, 0.4) is 0 Å². The molecule has 0 amide bonds. The standard InChI is InChI=1S/C26H26N2O7/c29-23-19(15-17-4-8-21(9-5-17)27(31)32)12-14-25(23)16-20-3-1-2-13-26(20,30)35-24(25)18-6-10-22(11-7-18)28(33)34/h4-11,15,20,24,30H,1-3,12-14,16H2/b19-15+/t20-,24-,25-,26+/m1/s1. The third-order valence-corrected chi connectivity index (χ3v) is 7.85. The van der Waals surface area contributed by atoms with Gasteiger partial charge in [0.1, 0.15) is 0 Å². The van der Waals surface area contributed by atoms with Crippen LogP contribution in [0.1, 0.15) is 62.2 Å². The summed E-state index contributed by atoms with van der Waals surface area (Å²) in [5, 5.41) is 33.4. The lowest BCUT2D eigenvalue weighted by molar-refractivity contribution is -0.385. The van der Waals surface area contributed by atoms with E-state index in [-0.39, 0.29) is 23.1 Å². The number of nitro groups is 2. The van der Waals surface area contributed by atoms with Crippen LogP contribution in [0.2, 0.25) is 0 Å². The van der Waals surface area contributed by atoms with Gasteiger partial charge >= 0.3 is 0 Å². The monoisotopic (exact) mass is 478 g/mol. The van der Waals surface area contributed by atoms with Gasteiger partial charge in [0.15, 0.2) is 11.6 Å². The molecule has 1 heterocycles. The first-order valence-electron chi connectivity index (χ1n) is 11.9. The smallest absolute Gasteiger partial charge is 0.269 e. The molecule has 2 aromatic carbocycles. The number of aliphatic hydroxyl groups is 1. The number of carbonyl (C=O) groups is 1. The van der Waals surface area contributed by atoms with Crippen molar-refractivity contribution in [3.05, 3.63) is 85.5 Å². The molecule has 3 aliphatic rings. The summed E-state index contributed by atoms with van der Waals surface area (Å²) < 4.78 is 6.38. The number of hydrogen-bond acceptors (Lipinski definition) is 7. The van der Waals surface area contributed by atoms with Gasteiger partial charge in [0.2, 0.25) is 0 Å². The Labute approximate surface area is 201 Å². The zero-order chi connectivity index (χ0) is 24.8. The van der Waals surface area contributed by atoms with Crippen molar-refractivity contribution >= 4 is 23.2 Å². The zero-order valence-electron chi connectivity index (χ0n) is 19.1. The third-order valence-electron chi connectivity index (χ3n) is 7.85. The van der Waals surface area contributed by atoms with Gasteiger partial charge in [-0.15, -0.1) is 0 Å². The number of carbonyl (C=O) groups excluding carboxylic acids is 1. The van der Waals surface area contributed by atoms with Crippen LogP contribution in [0, 0.1) is 31.6 Å². The number of benzene rings is 2. The Bertz CT molecular complexity index is 1210. The van der Waals surface area contributed by atoms with E-state index in [0.717, 1.165) is 19.3 Å². The van der Waals surface area contributed by atoms with Crippen molar-refractivity contribution in [2.45, 2.75) is 56.8 Å². The summed E-state index contributed by atoms with van der Waals surface area (Å²) in [6.07, 6.45) is 5.68. The minimum Gasteiger partial charge on any atom is -0.365 e. The molecule has 1 N–H and O–H groups in total. The van der Waals surface area contributed by atoms with Crippen molar-refractivity contribution in [1.82, 2.24) is 0 Å². The molecule has 4 atom stereocenters. The van der Waals surface area contributed by atoms with Crippen LogP contribution < -0.4 is 0 Å². The van der Waals surface area contributed by atoms with E-state index in [4.69, 9.17) is 4.74 Å². The molecule has 5 rings (SSSR count). The molecule has 0 aromatic heterocycles. The van der Waals surface area contributed by atoms with E-state index in [0.29, 0.717) is 42.4 Å². The van der Waals surface area contributed by atoms with Crippen molar-refractivity contribution in [2.24, 2.45) is 11.3 Å². The third kappa shape index (κ3) is 4.04. The van der Waals surface area contributed by atoms with Crippen LogP contribution >= 0.6 is 0 Å². The van der Waals surface area contributed by atoms with Crippen LogP contribution in [-0.2, 0) is 9.53 Å². The molecule has 9 nitrogen and oxygen atoms in total. The van der Waals surface area contributed by atoms with E-state index in [1.807, 2.05) is 0 Å². The number of fused-ring (bicyclic) bond motifs is 1. The summed E-state index contributed by atoms with van der Waals surface area (Å²) in [6.45, 7) is 0. The Morgan fingerprint density at radius 1 is 0.943 bits per heavy atom. The van der Waals surface area contributed by atoms with Crippen molar-refractivity contribution in [2.75, 3.05) is 0 Å². The number of rotatable bonds is 4. The second-order valence-electron chi connectivity index (χ2n) is 9.84. The number of hydrogen-bond donors (Lipinski definition) is 1. The quantitative estimate of drug-likeness (QED) is 0.359. The van der Waals surface area contributed by atoms with Crippen molar-refractivity contribution < 1.29 is 24.5 Å². The number of nitrogens with zero attached hydrogens (tertiary/aromatic N) is 2. The van der Waals surface area contributed by atoms with Crippen LogP contribution in [0.15, 0.2) is 54.1 Å². The normalized spacial score (nSPS) is 31.5. The van der Waals surface area contributed by atoms with E-state index in [9.17, 15) is 30.1 Å². The molecule has 2 aliphatic carbocycles. The molecule has 1 spiro atoms. The number of non-ortho nitro benzene ring substituents is 2. The molecule has 0 radical (unpaired) electrons. The highest BCUT2D eigenvalue weighted by molar-refractivity contribution is 6.06. The summed E-state index contributed by atoms with van der Waals surface area (Å²) in [4.78, 5) is 35.1. The number of nitro benzene ring substituents is 2. The van der Waals surface area contributed by atoms with Gasteiger partial charge in [0.05, 0.1) is 21.4 Å². The molecule has 0 unspecified atom stereocenters. The summed E-state index contributed by atoms with van der Waals surface area (Å²) >= 11 is 0. The minimum atomic E-state index is -1.32. The SMILES string of the molecule is O=C1/C(=C/c2ccc([N+](=O)[O-])cc2)CC[C@@]12C[C@H]1CCCC[C@]1(O)O[C@@H]2c1ccc([N+](=O)[O-])cc1. The predicted molar refractivity (Wildman–Crippen MR) is 126 cm³/mol. The van der Waals surface area contributed by atoms with Crippen molar-refractivity contribution in [3.63, 3.8) is 0 Å². The summed E-state index contributed by atoms with van der Waals surface area (Å²) in [6, 6.07) is 12.1. The first-order chi connectivity index (χ1) is 16.7. The lowest BCUT2D eigenvalue weighted by Crippen LogP contribution is -2.55. The Morgan fingerprint density at radius 3 is 2.20 bits per heavy atom. The summed E-state index contributed by atoms with van der Waals surface area (Å²) in [7, 11) is 0. The molecule has 9 heteroatoms. The highest BCUT2D eigenvalue weighted by atomic mass is 16.6. The molecule has 2 saturated carbocycles. The van der Waals surface area contributed by atoms with Gasteiger partial charge in [0, 0.05) is 36.6 Å². The number of allylic oxidation sites excluding steroid dienone is 1. The van der Waals surface area contributed by atoms with Gasteiger partial charge in [-0.2, -0.15) is 0 Å². The maximum absolute atomic E-state index is 14.0. The molecule has 35 heavy (non-hydrogen) atoms. The maximum Gasteiger partial charge on any atom is 0.269 e. The van der Waals surface area contributed by atoms with Crippen LogP contribution in [0.5, 0.6) is 0 Å². The van der Waals surface area contributed by atoms with E-state index >= 15 is 0 Å². The lowest BCUT2D eigenvalue weighted by Gasteiger charge is -2.53. The van der Waals surface area contributed by atoms with Gasteiger partial charge in [0.25, 0.3) is 11.4 Å². The van der Waals surface area contributed by atoms with Crippen molar-refractivity contribution in [1.29, 1.82) is 0 Å². The van der Waals surface area contributed by atoms with Gasteiger partial charge in [-0.1, -0.05) is 6.42 Å². The molecule has 1 saturated heterocycles. The molecular formula is C26H26N2O7. The first kappa shape index (κ1) is 23.3. The van der Waals surface area contributed by atoms with Gasteiger partial charge in [-0.05, 0) is 79.1 Å². The van der Waals surface area contributed by atoms with E-state index in [2.05, 4.69) is 0 Å². The Morgan fingerprint density at radius 2 is 1.57 bits per heavy atom. The minimum absolute atomic E-state index is 0.0168. The summed E-state index contributed by atoms with van der Waals surface area (Å²) in [5.74, 6) is -1.53. The molecular weight excluding hydrogens is 452 g/mol. The summed E-state index contributed by atoms with van der Waals surface area (Å²) in [5.41, 5.74) is 1.01. The van der Waals surface area contributed by atoms with E-state index < -0.39 is 27.2 Å². The fraction of sp³-hybridized carbons (Fsp3) is 0.423. The van der Waals surface area contributed by atoms with E-state index in [1.165, 1.54) is 24.3 Å². The average molecular weight is 479 g/mol. The second kappa shape index (κ2) is 8.66. The molecule has 3 fully saturated rings. The average Bonchev–Trinajstić information content (AvgIpc) is 3.15. The maximum atomic E-state index is 14.0. The fourth-order valence-electron chi connectivity index (χ4n) is 6.02. The molecule has 0 bridgehead atoms. The second-order valence-corrected chi connectivity index (χ2v) is 9.84. The highest BCUT2D eigenvalue weighted by Gasteiger charge is 2.61. The largest absolute Gasteiger partial charge is 0.365 e.